The van der Waals surface area contributed by atoms with Crippen LogP contribution in [0.15, 0.2) is 36.5 Å². The largest absolute Gasteiger partial charge is 0.477 e. The van der Waals surface area contributed by atoms with Crippen molar-refractivity contribution in [3.63, 3.8) is 0 Å². The molecule has 1 aromatic carbocycles. The molecule has 0 bridgehead atoms. The molecule has 0 atom stereocenters. The predicted molar refractivity (Wildman–Crippen MR) is 88.2 cm³/mol. The molecule has 0 radical (unpaired) electrons. The van der Waals surface area contributed by atoms with Crippen LogP contribution in [-0.4, -0.2) is 41.1 Å². The quantitative estimate of drug-likeness (QED) is 0.898. The highest BCUT2D eigenvalue weighted by atomic mass is 32.1. The molecule has 23 heavy (non-hydrogen) atoms. The van der Waals surface area contributed by atoms with Crippen molar-refractivity contribution in [3.8, 4) is 0 Å². The molecule has 1 aromatic heterocycles. The Kier molecular flexibility index (Phi) is 4.57. The third-order valence-electron chi connectivity index (χ3n) is 3.84. The van der Waals surface area contributed by atoms with Crippen molar-refractivity contribution in [2.24, 2.45) is 0 Å². The highest BCUT2D eigenvalue weighted by Gasteiger charge is 2.23. The van der Waals surface area contributed by atoms with Gasteiger partial charge in [0.15, 0.2) is 5.13 Å². The smallest absolute Gasteiger partial charge is 0.347 e. The van der Waals surface area contributed by atoms with E-state index in [1.54, 1.807) is 12.1 Å². The summed E-state index contributed by atoms with van der Waals surface area (Å²) in [6, 6.07) is 9.31. The molecule has 1 aliphatic heterocycles. The third kappa shape index (κ3) is 3.68. The van der Waals surface area contributed by atoms with Gasteiger partial charge in [-0.1, -0.05) is 29.5 Å². The highest BCUT2D eigenvalue weighted by Crippen LogP contribution is 2.25. The summed E-state index contributed by atoms with van der Waals surface area (Å²) in [6.07, 6.45) is 3.03. The first-order chi connectivity index (χ1) is 11.1. The topological polar surface area (TPSA) is 82.5 Å². The molecular weight excluding hydrogens is 314 g/mol. The molecule has 0 spiro atoms. The SMILES string of the molecule is O=C(NC1CCN(c2ncc(C(=O)O)s2)CC1)c1ccccc1. The van der Waals surface area contributed by atoms with Crippen molar-refractivity contribution in [1.82, 2.24) is 10.3 Å². The number of carbonyl (C=O) groups excluding carboxylic acids is 1. The van der Waals surface area contributed by atoms with Crippen LogP contribution in [0.4, 0.5) is 5.13 Å². The van der Waals surface area contributed by atoms with Gasteiger partial charge in [-0.25, -0.2) is 9.78 Å². The summed E-state index contributed by atoms with van der Waals surface area (Å²) < 4.78 is 0. The van der Waals surface area contributed by atoms with E-state index >= 15 is 0 Å². The average Bonchev–Trinajstić information content (AvgIpc) is 3.07. The van der Waals surface area contributed by atoms with E-state index in [0.29, 0.717) is 5.56 Å². The molecule has 2 N–H and O–H groups in total. The predicted octanol–water partition coefficient (Wildman–Crippen LogP) is 2.24. The molecule has 1 aliphatic rings. The first kappa shape index (κ1) is 15.5. The maximum Gasteiger partial charge on any atom is 0.347 e. The zero-order chi connectivity index (χ0) is 16.2. The number of rotatable bonds is 4. The third-order valence-corrected chi connectivity index (χ3v) is 4.89. The molecule has 2 heterocycles. The van der Waals surface area contributed by atoms with Gasteiger partial charge >= 0.3 is 5.97 Å². The minimum atomic E-state index is -0.946. The molecule has 7 heteroatoms. The number of hydrogen-bond acceptors (Lipinski definition) is 5. The Morgan fingerprint density at radius 2 is 1.91 bits per heavy atom. The monoisotopic (exact) mass is 331 g/mol. The number of thiazole rings is 1. The molecule has 120 valence electrons. The van der Waals surface area contributed by atoms with Gasteiger partial charge in [-0.3, -0.25) is 4.79 Å². The van der Waals surface area contributed by atoms with Gasteiger partial charge in [0.25, 0.3) is 5.91 Å². The zero-order valence-electron chi connectivity index (χ0n) is 12.4. The second kappa shape index (κ2) is 6.78. The van der Waals surface area contributed by atoms with Crippen LogP contribution in [0.2, 0.25) is 0 Å². The Hall–Kier alpha value is -2.41. The number of benzene rings is 1. The van der Waals surface area contributed by atoms with Gasteiger partial charge in [0, 0.05) is 24.7 Å². The van der Waals surface area contributed by atoms with Gasteiger partial charge in [-0.2, -0.15) is 0 Å². The van der Waals surface area contributed by atoms with E-state index in [-0.39, 0.29) is 16.8 Å². The number of anilines is 1. The van der Waals surface area contributed by atoms with Crippen molar-refractivity contribution in [2.75, 3.05) is 18.0 Å². The van der Waals surface area contributed by atoms with E-state index in [9.17, 15) is 9.59 Å². The van der Waals surface area contributed by atoms with Crippen LogP contribution < -0.4 is 10.2 Å². The van der Waals surface area contributed by atoms with Crippen LogP contribution in [0.5, 0.6) is 0 Å². The van der Waals surface area contributed by atoms with E-state index in [1.807, 2.05) is 18.2 Å². The fourth-order valence-electron chi connectivity index (χ4n) is 2.58. The number of amides is 1. The number of aromatic carboxylic acids is 1. The summed E-state index contributed by atoms with van der Waals surface area (Å²) in [4.78, 5) is 29.5. The minimum absolute atomic E-state index is 0.0496. The molecule has 0 aliphatic carbocycles. The first-order valence-corrected chi connectivity index (χ1v) is 8.25. The Balaban J connectivity index is 1.54. The zero-order valence-corrected chi connectivity index (χ0v) is 13.3. The maximum atomic E-state index is 12.1. The number of carboxylic acids is 1. The Morgan fingerprint density at radius 3 is 2.52 bits per heavy atom. The summed E-state index contributed by atoms with van der Waals surface area (Å²) in [5.74, 6) is -0.995. The van der Waals surface area contributed by atoms with Gasteiger partial charge in [0.1, 0.15) is 4.88 Å². The summed E-state index contributed by atoms with van der Waals surface area (Å²) in [5.41, 5.74) is 0.668. The Bertz CT molecular complexity index is 694. The molecule has 2 aromatic rings. The van der Waals surface area contributed by atoms with Crippen LogP contribution in [0, 0.1) is 0 Å². The van der Waals surface area contributed by atoms with E-state index in [2.05, 4.69) is 15.2 Å². The van der Waals surface area contributed by atoms with Crippen molar-refractivity contribution >= 4 is 28.3 Å². The van der Waals surface area contributed by atoms with Crippen LogP contribution >= 0.6 is 11.3 Å². The molecular formula is C16H17N3O3S. The average molecular weight is 331 g/mol. The fourth-order valence-corrected chi connectivity index (χ4v) is 3.39. The maximum absolute atomic E-state index is 12.1. The first-order valence-electron chi connectivity index (χ1n) is 7.43. The second-order valence-corrected chi connectivity index (χ2v) is 6.42. The minimum Gasteiger partial charge on any atom is -0.477 e. The summed E-state index contributed by atoms with van der Waals surface area (Å²) in [7, 11) is 0. The van der Waals surface area contributed by atoms with E-state index in [0.717, 1.165) is 31.1 Å². The Morgan fingerprint density at radius 1 is 1.22 bits per heavy atom. The van der Waals surface area contributed by atoms with Crippen molar-refractivity contribution in [2.45, 2.75) is 18.9 Å². The molecule has 1 fully saturated rings. The number of carboxylic acid groups (broad SMARTS) is 1. The number of nitrogens with zero attached hydrogens (tertiary/aromatic N) is 2. The summed E-state index contributed by atoms with van der Waals surface area (Å²) in [6.45, 7) is 1.51. The van der Waals surface area contributed by atoms with Gasteiger partial charge in [0.05, 0.1) is 6.20 Å². The highest BCUT2D eigenvalue weighted by molar-refractivity contribution is 7.17. The lowest BCUT2D eigenvalue weighted by molar-refractivity contribution is 0.0701. The Labute approximate surface area is 137 Å². The van der Waals surface area contributed by atoms with E-state index < -0.39 is 5.97 Å². The molecule has 0 unspecified atom stereocenters. The lowest BCUT2D eigenvalue weighted by Gasteiger charge is -2.32. The van der Waals surface area contributed by atoms with Crippen LogP contribution in [0.1, 0.15) is 32.9 Å². The standard InChI is InChI=1S/C16H17N3O3S/c20-14(11-4-2-1-3-5-11)18-12-6-8-19(9-7-12)16-17-10-13(23-16)15(21)22/h1-5,10,12H,6-9H2,(H,18,20)(H,21,22). The van der Waals surface area contributed by atoms with Crippen molar-refractivity contribution < 1.29 is 14.7 Å². The van der Waals surface area contributed by atoms with Crippen LogP contribution in [0.25, 0.3) is 0 Å². The number of hydrogen-bond donors (Lipinski definition) is 2. The van der Waals surface area contributed by atoms with Crippen molar-refractivity contribution in [3.05, 3.63) is 47.0 Å². The van der Waals surface area contributed by atoms with Gasteiger partial charge in [0.2, 0.25) is 0 Å². The van der Waals surface area contributed by atoms with Gasteiger partial charge < -0.3 is 15.3 Å². The molecule has 6 nitrogen and oxygen atoms in total. The fraction of sp³-hybridized carbons (Fsp3) is 0.312. The number of aromatic nitrogens is 1. The van der Waals surface area contributed by atoms with Crippen molar-refractivity contribution in [1.29, 1.82) is 0 Å². The molecule has 0 saturated carbocycles. The van der Waals surface area contributed by atoms with E-state index in [4.69, 9.17) is 5.11 Å². The normalized spacial score (nSPS) is 15.4. The van der Waals surface area contributed by atoms with Crippen LogP contribution in [0.3, 0.4) is 0 Å². The van der Waals surface area contributed by atoms with Crippen LogP contribution in [-0.2, 0) is 0 Å². The molecule has 1 saturated heterocycles. The summed E-state index contributed by atoms with van der Waals surface area (Å²) in [5, 5.41) is 12.7. The summed E-state index contributed by atoms with van der Waals surface area (Å²) >= 11 is 1.19. The van der Waals surface area contributed by atoms with Gasteiger partial charge in [-0.15, -0.1) is 0 Å². The number of piperidine rings is 1. The molecule has 1 amide bonds. The lowest BCUT2D eigenvalue weighted by atomic mass is 10.0. The van der Waals surface area contributed by atoms with Gasteiger partial charge in [-0.05, 0) is 25.0 Å². The number of carbonyl (C=O) groups is 2. The second-order valence-electron chi connectivity index (χ2n) is 5.41. The van der Waals surface area contributed by atoms with E-state index in [1.165, 1.54) is 17.5 Å². The molecule has 3 rings (SSSR count). The lowest BCUT2D eigenvalue weighted by Crippen LogP contribution is -2.44. The number of nitrogens with one attached hydrogen (secondary N) is 1.